The molecule has 18 atom stereocenters. The number of hydrogen-bond donors (Lipinski definition) is 18. The molecule has 0 aromatic heterocycles. The molecule has 0 aliphatic carbocycles. The SMILES string of the molecule is C=CC(=O)N(C)[C@H](CC(C)C)C(=O)N[C@H]1C(=O)N[C@@H](CC(N)=O)C(=O)N[C@H]2C(=O)N[C@H]3C(=O)N[C@H](C(=O)N[C@@H](C(=O)O)c4cc(O)cc(O)c4-c4cc3ccc4O)[C@H](O)c3ccc(c(Cl)c3)Oc3cc2cc(c3O[C@@H]2O[C@H](CO)[C@@H](O)[C@H](O)[C@H]2O[C@H]2C[C@](C)(N)[C@H](O)[C@H](C)O2)Oc2ccc(cc2Cl)[C@H]1O. The number of primary amides is 1. The standard InChI is InChI=1S/C69H77Cl2N9O25/c1-7-46(86)80(6)37(14-25(2)3)62(93)78-52-54(87)28-9-12-40(34(70)16-28)101-42-18-30-19-43(58(42)105-68-59(57(90)56(89)44(24-81)103-68)104-47-23-69(5,73)60(91)26(4)100-47)102-41-13-10-29(17-35(41)71)55(88)53-66(97)77-51(67(98)99)33-20-31(82)21-39(84)48(33)32-15-27(8-11-38(32)83)49(63(94)79-53)76-64(95)50(30)75-61(92)36(22-45(72)85)74-65(52)96/h7-13,15-21,25-26,36-37,44,47,49-57,59-60,68,81-84,87-91H,1,14,22-24,73H2,2-6H3,(H2,72,85)(H,74,96)(H,75,92)(H,76,95)(H,77,97)(H,78,93)(H,79,94)(H,98,99)/t26-,36-,37+,44+,47-,49+,50+,51+,52+,53-,54+,55+,56+,57-,59+,60+,68-,69-/m0/s1. The molecule has 8 amide bonds. The highest BCUT2D eigenvalue weighted by molar-refractivity contribution is 6.32. The molecule has 20 N–H and O–H groups in total. The van der Waals surface area contributed by atoms with Gasteiger partial charge in [0.2, 0.25) is 59.3 Å². The monoisotopic (exact) mass is 1500 g/mol. The molecule has 36 heteroatoms. The summed E-state index contributed by atoms with van der Waals surface area (Å²) in [5.74, 6) is -17.6. The third-order valence-corrected chi connectivity index (χ3v) is 19.0. The van der Waals surface area contributed by atoms with Crippen molar-refractivity contribution >= 4 is 76.4 Å². The molecular formula is C69H77Cl2N9O25. The van der Waals surface area contributed by atoms with E-state index in [1.54, 1.807) is 13.8 Å². The van der Waals surface area contributed by atoms with Crippen LogP contribution in [0.4, 0.5) is 0 Å². The van der Waals surface area contributed by atoms with Crippen LogP contribution in [0.5, 0.6) is 46.0 Å². The smallest absolute Gasteiger partial charge is 0.330 e. The Bertz CT molecular complexity index is 4280. The minimum absolute atomic E-state index is 0.0270. The van der Waals surface area contributed by atoms with Gasteiger partial charge in [0, 0.05) is 41.8 Å². The molecule has 562 valence electrons. The van der Waals surface area contributed by atoms with Crippen LogP contribution in [0.15, 0.2) is 91.5 Å². The van der Waals surface area contributed by atoms with Gasteiger partial charge in [-0.25, -0.2) is 4.79 Å². The molecule has 0 saturated carbocycles. The number of aliphatic carboxylic acids is 1. The van der Waals surface area contributed by atoms with E-state index < -0.39 is 248 Å². The van der Waals surface area contributed by atoms with Gasteiger partial charge >= 0.3 is 5.97 Å². The minimum atomic E-state index is -2.39. The van der Waals surface area contributed by atoms with Gasteiger partial charge in [-0.3, -0.25) is 38.4 Å². The Labute approximate surface area is 607 Å². The van der Waals surface area contributed by atoms with E-state index >= 15 is 19.2 Å². The topological polar surface area (TPSA) is 539 Å². The molecule has 105 heavy (non-hydrogen) atoms. The maximum Gasteiger partial charge on any atom is 0.330 e. The van der Waals surface area contributed by atoms with Crippen LogP contribution >= 0.6 is 23.2 Å². The molecule has 2 saturated heterocycles. The number of halogens is 2. The van der Waals surface area contributed by atoms with Crippen molar-refractivity contribution in [2.75, 3.05) is 13.7 Å². The van der Waals surface area contributed by atoms with Gasteiger partial charge in [0.25, 0.3) is 0 Å². The number of phenolic OH excluding ortho intramolecular Hbond substituents is 3. The van der Waals surface area contributed by atoms with Gasteiger partial charge in [-0.05, 0) is 109 Å². The first-order valence-electron chi connectivity index (χ1n) is 32.7. The molecule has 0 unspecified atom stereocenters. The van der Waals surface area contributed by atoms with E-state index in [-0.39, 0.29) is 41.2 Å². The molecule has 2 fully saturated rings. The summed E-state index contributed by atoms with van der Waals surface area (Å²) in [4.78, 5) is 132. The number of nitrogens with zero attached hydrogens (tertiary/aromatic N) is 1. The first-order valence-corrected chi connectivity index (χ1v) is 33.4. The van der Waals surface area contributed by atoms with Crippen molar-refractivity contribution in [3.63, 3.8) is 0 Å². The number of rotatable bonds is 14. The summed E-state index contributed by atoms with van der Waals surface area (Å²) in [6.45, 7) is 8.94. The highest BCUT2D eigenvalue weighted by Gasteiger charge is 2.52. The summed E-state index contributed by atoms with van der Waals surface area (Å²) in [6, 6.07) is -1.66. The summed E-state index contributed by atoms with van der Waals surface area (Å²) >= 11 is 14.1. The van der Waals surface area contributed by atoms with Gasteiger partial charge < -0.3 is 128 Å². The number of nitrogens with two attached hydrogens (primary N) is 2. The van der Waals surface area contributed by atoms with E-state index in [4.69, 9.17) is 63.1 Å². The fraction of sp³-hybridized carbons (Fsp3) is 0.406. The predicted molar refractivity (Wildman–Crippen MR) is 363 cm³/mol. The molecule has 5 aromatic carbocycles. The predicted octanol–water partition coefficient (Wildman–Crippen LogP) is 0.531. The second-order valence-electron chi connectivity index (χ2n) is 26.5. The van der Waals surface area contributed by atoms with Gasteiger partial charge in [0.15, 0.2) is 29.9 Å². The largest absolute Gasteiger partial charge is 0.508 e. The highest BCUT2D eigenvalue weighted by atomic mass is 35.5. The normalized spacial score (nSPS) is 28.7. The molecule has 34 nitrogen and oxygen atoms in total. The lowest BCUT2D eigenvalue weighted by Crippen LogP contribution is -2.64. The number of benzene rings is 5. The Morgan fingerprint density at radius 2 is 1.34 bits per heavy atom. The second kappa shape index (κ2) is 31.4. The molecule has 7 heterocycles. The maximum atomic E-state index is 16.1. The molecule has 11 bridgehead atoms. The second-order valence-corrected chi connectivity index (χ2v) is 27.4. The van der Waals surface area contributed by atoms with Crippen LogP contribution in [0.1, 0.15) is 105 Å². The first kappa shape index (κ1) is 77.7. The summed E-state index contributed by atoms with van der Waals surface area (Å²) in [5, 5.41) is 128. The number of hydrogen-bond acceptors (Lipinski definition) is 25. The van der Waals surface area contributed by atoms with Crippen molar-refractivity contribution in [2.24, 2.45) is 17.4 Å². The molecule has 5 aromatic rings. The van der Waals surface area contributed by atoms with E-state index in [0.717, 1.165) is 83.8 Å². The zero-order valence-electron chi connectivity index (χ0n) is 56.5. The summed E-state index contributed by atoms with van der Waals surface area (Å²) in [5.41, 5.74) is 7.83. The number of nitrogens with one attached hydrogen (secondary N) is 6. The van der Waals surface area contributed by atoms with Crippen LogP contribution < -0.4 is 57.6 Å². The average molecular weight is 1500 g/mol. The number of ether oxygens (including phenoxy) is 6. The number of amides is 8. The lowest BCUT2D eigenvalue weighted by atomic mass is 9.86. The van der Waals surface area contributed by atoms with Crippen LogP contribution in [0, 0.1) is 5.92 Å². The average Bonchev–Trinajstić information content (AvgIpc) is 0.769. The summed E-state index contributed by atoms with van der Waals surface area (Å²) in [7, 11) is 1.28. The van der Waals surface area contributed by atoms with Gasteiger partial charge in [0.1, 0.15) is 95.5 Å². The molecular weight excluding hydrogens is 1430 g/mol. The van der Waals surface area contributed by atoms with E-state index in [1.807, 2.05) is 0 Å². The number of carbonyl (C=O) groups excluding carboxylic acids is 8. The molecule has 7 aliphatic heterocycles. The third kappa shape index (κ3) is 16.5. The van der Waals surface area contributed by atoms with E-state index in [0.29, 0.717) is 0 Å². The fourth-order valence-corrected chi connectivity index (χ4v) is 13.3. The Morgan fingerprint density at radius 3 is 1.92 bits per heavy atom. The van der Waals surface area contributed by atoms with E-state index in [9.17, 15) is 75.0 Å². The quantitative estimate of drug-likeness (QED) is 0.0674. The number of aliphatic hydroxyl groups excluding tert-OH is 6. The van der Waals surface area contributed by atoms with Gasteiger partial charge in [-0.2, -0.15) is 0 Å². The number of carboxylic acid groups (broad SMARTS) is 1. The zero-order valence-corrected chi connectivity index (χ0v) is 58.0. The minimum Gasteiger partial charge on any atom is -0.508 e. The maximum absolute atomic E-state index is 16.1. The number of carboxylic acids is 1. The zero-order chi connectivity index (χ0) is 76.7. The lowest BCUT2D eigenvalue weighted by Gasteiger charge is -2.47. The highest BCUT2D eigenvalue weighted by Crippen LogP contribution is 2.50. The number of phenols is 3. The third-order valence-electron chi connectivity index (χ3n) is 18.4. The Kier molecular flexibility index (Phi) is 23.2. The van der Waals surface area contributed by atoms with Gasteiger partial charge in [-0.15, -0.1) is 0 Å². The van der Waals surface area contributed by atoms with Crippen molar-refractivity contribution in [2.45, 2.75) is 156 Å². The molecule has 12 rings (SSSR count). The van der Waals surface area contributed by atoms with Gasteiger partial charge in [0.05, 0.1) is 35.3 Å². The van der Waals surface area contributed by atoms with Crippen LogP contribution in [0.2, 0.25) is 10.0 Å². The summed E-state index contributed by atoms with van der Waals surface area (Å²) in [6.07, 6.45) is -18.2. The van der Waals surface area contributed by atoms with Gasteiger partial charge in [-0.1, -0.05) is 61.8 Å². The Balaban J connectivity index is 1.24. The van der Waals surface area contributed by atoms with Crippen LogP contribution in [-0.4, -0.2) is 202 Å². The lowest BCUT2D eigenvalue weighted by molar-refractivity contribution is -0.333. The molecule has 0 spiro atoms. The molecule has 0 radical (unpaired) electrons. The molecule has 7 aliphatic rings. The number of aliphatic hydroxyl groups is 6. The number of carbonyl (C=O) groups is 9. The fourth-order valence-electron chi connectivity index (χ4n) is 12.8. The number of likely N-dealkylation sites (N-methyl/N-ethyl adjacent to an activating group) is 1. The van der Waals surface area contributed by atoms with Crippen molar-refractivity contribution in [1.82, 2.24) is 36.8 Å². The van der Waals surface area contributed by atoms with Crippen molar-refractivity contribution in [3.05, 3.63) is 129 Å². The van der Waals surface area contributed by atoms with Crippen molar-refractivity contribution < 1.29 is 123 Å². The first-order chi connectivity index (χ1) is 49.5. The Hall–Kier alpha value is -9.95. The van der Waals surface area contributed by atoms with Crippen molar-refractivity contribution in [3.8, 4) is 57.1 Å². The van der Waals surface area contributed by atoms with Crippen molar-refractivity contribution in [1.29, 1.82) is 0 Å². The number of fused-ring (bicyclic) bond motifs is 15. The van der Waals surface area contributed by atoms with Crippen LogP contribution in [-0.2, 0) is 57.4 Å². The number of aromatic hydroxyl groups is 3. The van der Waals surface area contributed by atoms with E-state index in [2.05, 4.69) is 38.5 Å². The van der Waals surface area contributed by atoms with Crippen LogP contribution in [0.25, 0.3) is 11.1 Å². The Morgan fingerprint density at radius 1 is 0.743 bits per heavy atom. The van der Waals surface area contributed by atoms with Crippen LogP contribution in [0.3, 0.4) is 0 Å². The summed E-state index contributed by atoms with van der Waals surface area (Å²) < 4.78 is 38.3. The van der Waals surface area contributed by atoms with E-state index in [1.165, 1.54) is 27.0 Å².